The van der Waals surface area contributed by atoms with Crippen molar-refractivity contribution in [3.8, 4) is 0 Å². The van der Waals surface area contributed by atoms with E-state index in [4.69, 9.17) is 0 Å². The van der Waals surface area contributed by atoms with Crippen molar-refractivity contribution >= 4 is 45.0 Å². The van der Waals surface area contributed by atoms with Crippen molar-refractivity contribution in [2.75, 3.05) is 18.8 Å². The van der Waals surface area contributed by atoms with Crippen molar-refractivity contribution in [2.24, 2.45) is 0 Å². The first kappa shape index (κ1) is 19.6. The van der Waals surface area contributed by atoms with Crippen molar-refractivity contribution < 1.29 is 9.00 Å². The molecule has 0 spiro atoms. The van der Waals surface area contributed by atoms with Crippen LogP contribution in [-0.4, -0.2) is 35.0 Å². The molecule has 1 aromatic carbocycles. The van der Waals surface area contributed by atoms with Gasteiger partial charge in [-0.05, 0) is 50.1 Å². The predicted octanol–water partition coefficient (Wildman–Crippen LogP) is 2.63. The zero-order chi connectivity index (χ0) is 15.1. The predicted molar refractivity (Wildman–Crippen MR) is 95.9 cm³/mol. The lowest BCUT2D eigenvalue weighted by atomic mass is 10.1. The molecule has 2 rings (SSSR count). The van der Waals surface area contributed by atoms with Gasteiger partial charge in [-0.3, -0.25) is 9.00 Å². The van der Waals surface area contributed by atoms with Gasteiger partial charge >= 0.3 is 0 Å². The Balaban J connectivity index is 0.00000242. The number of amides is 1. The standard InChI is InChI=1S/C15H21BrN2O2S.ClH/c16-12-5-7-14(8-6-12)21(20)10-2-4-15(19)18-13-3-1-9-17-11-13;/h5-8,13,17H,1-4,9-11H2,(H,18,19);1H. The summed E-state index contributed by atoms with van der Waals surface area (Å²) >= 11 is 3.36. The molecule has 1 amide bonds. The summed E-state index contributed by atoms with van der Waals surface area (Å²) in [6.07, 6.45) is 3.25. The van der Waals surface area contributed by atoms with E-state index in [2.05, 4.69) is 26.6 Å². The molecule has 1 aliphatic heterocycles. The molecular weight excluding hydrogens is 388 g/mol. The Morgan fingerprint density at radius 1 is 1.36 bits per heavy atom. The summed E-state index contributed by atoms with van der Waals surface area (Å²) in [5.41, 5.74) is 0. The molecule has 1 heterocycles. The minimum absolute atomic E-state index is 0. The number of nitrogens with one attached hydrogen (secondary N) is 2. The quantitative estimate of drug-likeness (QED) is 0.759. The van der Waals surface area contributed by atoms with Gasteiger partial charge in [-0.2, -0.15) is 0 Å². The summed E-state index contributed by atoms with van der Waals surface area (Å²) < 4.78 is 13.1. The van der Waals surface area contributed by atoms with Crippen molar-refractivity contribution in [3.05, 3.63) is 28.7 Å². The van der Waals surface area contributed by atoms with Gasteiger partial charge in [-0.1, -0.05) is 15.9 Å². The Kier molecular flexibility index (Phi) is 9.24. The summed E-state index contributed by atoms with van der Waals surface area (Å²) in [4.78, 5) is 12.6. The van der Waals surface area contributed by atoms with Crippen LogP contribution in [0, 0.1) is 0 Å². The van der Waals surface area contributed by atoms with Gasteiger partial charge in [-0.15, -0.1) is 12.4 Å². The highest BCUT2D eigenvalue weighted by Crippen LogP contribution is 2.14. The second-order valence-electron chi connectivity index (χ2n) is 5.22. The van der Waals surface area contributed by atoms with Gasteiger partial charge in [-0.25, -0.2) is 0 Å². The summed E-state index contributed by atoms with van der Waals surface area (Å²) in [5, 5.41) is 6.31. The maximum atomic E-state index is 12.1. The van der Waals surface area contributed by atoms with Crippen LogP contribution in [0.25, 0.3) is 0 Å². The fourth-order valence-electron chi connectivity index (χ4n) is 2.34. The maximum Gasteiger partial charge on any atom is 0.220 e. The molecule has 2 unspecified atom stereocenters. The summed E-state index contributed by atoms with van der Waals surface area (Å²) in [6, 6.07) is 7.73. The molecule has 0 aromatic heterocycles. The Hall–Kier alpha value is -0.430. The Morgan fingerprint density at radius 2 is 2.09 bits per heavy atom. The zero-order valence-corrected chi connectivity index (χ0v) is 15.6. The normalized spacial score (nSPS) is 19.0. The lowest BCUT2D eigenvalue weighted by molar-refractivity contribution is -0.121. The number of carbonyl (C=O) groups excluding carboxylic acids is 1. The fourth-order valence-corrected chi connectivity index (χ4v) is 3.69. The van der Waals surface area contributed by atoms with E-state index in [0.717, 1.165) is 35.3 Å². The maximum absolute atomic E-state index is 12.1. The van der Waals surface area contributed by atoms with Crippen molar-refractivity contribution in [2.45, 2.75) is 36.6 Å². The van der Waals surface area contributed by atoms with Gasteiger partial charge in [0.15, 0.2) is 0 Å². The second-order valence-corrected chi connectivity index (χ2v) is 7.70. The Bertz CT molecular complexity index is 493. The number of rotatable bonds is 6. The molecule has 2 N–H and O–H groups in total. The first-order chi connectivity index (χ1) is 10.1. The highest BCUT2D eigenvalue weighted by molar-refractivity contribution is 9.10. The van der Waals surface area contributed by atoms with Crippen molar-refractivity contribution in [1.29, 1.82) is 0 Å². The Morgan fingerprint density at radius 3 is 2.73 bits per heavy atom. The van der Waals surface area contributed by atoms with Crippen molar-refractivity contribution in [1.82, 2.24) is 10.6 Å². The number of hydrogen-bond acceptors (Lipinski definition) is 3. The number of halogens is 2. The monoisotopic (exact) mass is 408 g/mol. The van der Waals surface area contributed by atoms with Gasteiger partial charge in [0.1, 0.15) is 0 Å². The minimum atomic E-state index is -1.03. The molecule has 0 aliphatic carbocycles. The number of carbonyl (C=O) groups is 1. The van der Waals surface area contributed by atoms with Crippen LogP contribution in [0.4, 0.5) is 0 Å². The van der Waals surface area contributed by atoms with E-state index in [9.17, 15) is 9.00 Å². The van der Waals surface area contributed by atoms with E-state index in [1.54, 1.807) is 0 Å². The molecule has 1 aliphatic rings. The van der Waals surface area contributed by atoms with Crippen molar-refractivity contribution in [3.63, 3.8) is 0 Å². The van der Waals surface area contributed by atoms with Gasteiger partial charge in [0, 0.05) is 34.1 Å². The summed E-state index contributed by atoms with van der Waals surface area (Å²) in [5.74, 6) is 0.592. The van der Waals surface area contributed by atoms with Crippen LogP contribution in [-0.2, 0) is 15.6 Å². The zero-order valence-electron chi connectivity index (χ0n) is 12.3. The molecule has 0 saturated carbocycles. The SMILES string of the molecule is Cl.O=C(CCCS(=O)c1ccc(Br)cc1)NC1CCCNC1. The minimum Gasteiger partial charge on any atom is -0.352 e. The van der Waals surface area contributed by atoms with E-state index in [1.807, 2.05) is 24.3 Å². The third-order valence-electron chi connectivity index (χ3n) is 3.47. The van der Waals surface area contributed by atoms with Crippen LogP contribution in [0.1, 0.15) is 25.7 Å². The molecular formula is C15H22BrClN2O2S. The fraction of sp³-hybridized carbons (Fsp3) is 0.533. The lowest BCUT2D eigenvalue weighted by Crippen LogP contribution is -2.45. The van der Waals surface area contributed by atoms with E-state index in [1.165, 1.54) is 0 Å². The summed E-state index contributed by atoms with van der Waals surface area (Å²) in [6.45, 7) is 1.90. The molecule has 124 valence electrons. The van der Waals surface area contributed by atoms with Crippen LogP contribution in [0.2, 0.25) is 0 Å². The van der Waals surface area contributed by atoms with E-state index < -0.39 is 10.8 Å². The molecule has 1 saturated heterocycles. The number of piperidine rings is 1. The van der Waals surface area contributed by atoms with E-state index in [0.29, 0.717) is 18.6 Å². The topological polar surface area (TPSA) is 58.2 Å². The van der Waals surface area contributed by atoms with Crippen LogP contribution in [0.15, 0.2) is 33.6 Å². The average Bonchev–Trinajstić information content (AvgIpc) is 2.49. The molecule has 4 nitrogen and oxygen atoms in total. The highest BCUT2D eigenvalue weighted by atomic mass is 79.9. The van der Waals surface area contributed by atoms with Crippen LogP contribution in [0.3, 0.4) is 0 Å². The third kappa shape index (κ3) is 6.77. The number of benzene rings is 1. The largest absolute Gasteiger partial charge is 0.352 e. The van der Waals surface area contributed by atoms with Crippen LogP contribution < -0.4 is 10.6 Å². The molecule has 0 radical (unpaired) electrons. The molecule has 1 aromatic rings. The van der Waals surface area contributed by atoms with Gasteiger partial charge in [0.05, 0.1) is 10.8 Å². The van der Waals surface area contributed by atoms with Crippen LogP contribution >= 0.6 is 28.3 Å². The van der Waals surface area contributed by atoms with Gasteiger partial charge in [0.25, 0.3) is 0 Å². The molecule has 2 atom stereocenters. The first-order valence-electron chi connectivity index (χ1n) is 7.29. The third-order valence-corrected chi connectivity index (χ3v) is 5.46. The smallest absolute Gasteiger partial charge is 0.220 e. The molecule has 22 heavy (non-hydrogen) atoms. The summed E-state index contributed by atoms with van der Waals surface area (Å²) in [7, 11) is -1.03. The molecule has 0 bridgehead atoms. The molecule has 7 heteroatoms. The van der Waals surface area contributed by atoms with E-state index >= 15 is 0 Å². The molecule has 1 fully saturated rings. The Labute approximate surface area is 148 Å². The van der Waals surface area contributed by atoms with Gasteiger partial charge < -0.3 is 10.6 Å². The number of hydrogen-bond donors (Lipinski definition) is 2. The second kappa shape index (κ2) is 10.4. The van der Waals surface area contributed by atoms with Crippen LogP contribution in [0.5, 0.6) is 0 Å². The highest BCUT2D eigenvalue weighted by Gasteiger charge is 2.15. The average molecular weight is 410 g/mol. The first-order valence-corrected chi connectivity index (χ1v) is 9.40. The van der Waals surface area contributed by atoms with Gasteiger partial charge in [0.2, 0.25) is 5.91 Å². The van der Waals surface area contributed by atoms with E-state index in [-0.39, 0.29) is 24.4 Å². The lowest BCUT2D eigenvalue weighted by Gasteiger charge is -2.23.